The van der Waals surface area contributed by atoms with E-state index in [9.17, 15) is 4.79 Å². The maximum Gasteiger partial charge on any atom is 0.252 e. The third kappa shape index (κ3) is 4.03. The van der Waals surface area contributed by atoms with Crippen LogP contribution in [0.15, 0.2) is 78.0 Å². The Hall–Kier alpha value is -3.67. The third-order valence-electron chi connectivity index (χ3n) is 5.32. The van der Waals surface area contributed by atoms with Crippen molar-refractivity contribution in [2.75, 3.05) is 32.1 Å². The lowest BCUT2D eigenvalue weighted by Gasteiger charge is -2.29. The first kappa shape index (κ1) is 19.6. The number of carbonyl (C=O) groups excluding carboxylic acids is 1. The molecular weight excluding hydrogens is 376 g/mol. The number of methoxy groups -OCH3 is 1. The number of hydrogen-bond donors (Lipinski definition) is 1. The summed E-state index contributed by atoms with van der Waals surface area (Å²) in [6.45, 7) is 1.03. The van der Waals surface area contributed by atoms with Crippen LogP contribution in [0.25, 0.3) is 0 Å². The van der Waals surface area contributed by atoms with Gasteiger partial charge in [-0.25, -0.2) is 0 Å². The molecule has 0 saturated heterocycles. The Bertz CT molecular complexity index is 1050. The molecule has 1 unspecified atom stereocenters. The highest BCUT2D eigenvalue weighted by Crippen LogP contribution is 2.31. The molecule has 4 rings (SSSR count). The highest BCUT2D eigenvalue weighted by atomic mass is 16.5. The summed E-state index contributed by atoms with van der Waals surface area (Å²) in [6, 6.07) is 19.7. The van der Waals surface area contributed by atoms with Crippen molar-refractivity contribution in [1.82, 2.24) is 10.3 Å². The Balaban J connectivity index is 1.64. The van der Waals surface area contributed by atoms with Gasteiger partial charge in [-0.2, -0.15) is 0 Å². The van der Waals surface area contributed by atoms with Crippen molar-refractivity contribution in [3.05, 3.63) is 89.7 Å². The Morgan fingerprint density at radius 1 is 1.17 bits per heavy atom. The average molecular weight is 400 g/mol. The molecule has 1 aliphatic rings. The van der Waals surface area contributed by atoms with E-state index >= 15 is 0 Å². The number of rotatable bonds is 5. The van der Waals surface area contributed by atoms with Crippen LogP contribution in [0, 0.1) is 0 Å². The summed E-state index contributed by atoms with van der Waals surface area (Å²) in [5.41, 5.74) is 4.63. The molecular formula is C24H24N4O2. The SMILES string of the molecule is COc1ccc2c(c1)N(C)C(CNC(=O)c1cccnc1)CN=C2c1ccccc1. The summed E-state index contributed by atoms with van der Waals surface area (Å²) < 4.78 is 5.46. The zero-order chi connectivity index (χ0) is 20.9. The standard InChI is InChI=1S/C24H24N4O2/c1-28-19(16-27-24(29)18-9-6-12-25-14-18)15-26-23(17-7-4-3-5-8-17)21-11-10-20(30-2)13-22(21)28/h3-14,19H,15-16H2,1-2H3,(H,27,29). The quantitative estimate of drug-likeness (QED) is 0.714. The predicted molar refractivity (Wildman–Crippen MR) is 119 cm³/mol. The second-order valence-corrected chi connectivity index (χ2v) is 7.15. The minimum absolute atomic E-state index is 0.00214. The molecule has 2 heterocycles. The van der Waals surface area contributed by atoms with Crippen molar-refractivity contribution < 1.29 is 9.53 Å². The summed E-state index contributed by atoms with van der Waals surface area (Å²) in [7, 11) is 3.69. The number of likely N-dealkylation sites (N-methyl/N-ethyl adjacent to an activating group) is 1. The summed E-state index contributed by atoms with van der Waals surface area (Å²) in [5.74, 6) is 0.645. The number of amides is 1. The lowest BCUT2D eigenvalue weighted by atomic mass is 10.00. The number of nitrogens with zero attached hydrogens (tertiary/aromatic N) is 3. The van der Waals surface area contributed by atoms with E-state index in [0.29, 0.717) is 18.7 Å². The van der Waals surface area contributed by atoms with Gasteiger partial charge in [0, 0.05) is 48.9 Å². The molecule has 0 spiro atoms. The molecule has 0 bridgehead atoms. The van der Waals surface area contributed by atoms with Crippen LogP contribution in [-0.2, 0) is 0 Å². The fraction of sp³-hybridized carbons (Fsp3) is 0.208. The number of benzodiazepines with no additional fused rings is 1. The minimum atomic E-state index is -0.140. The number of aromatic nitrogens is 1. The van der Waals surface area contributed by atoms with E-state index < -0.39 is 0 Å². The molecule has 0 saturated carbocycles. The molecule has 1 aromatic heterocycles. The Morgan fingerprint density at radius 2 is 2.00 bits per heavy atom. The van der Waals surface area contributed by atoms with Gasteiger partial charge in [0.1, 0.15) is 5.75 Å². The van der Waals surface area contributed by atoms with Crippen LogP contribution < -0.4 is 15.0 Å². The number of hydrogen-bond acceptors (Lipinski definition) is 5. The van der Waals surface area contributed by atoms with Crippen molar-refractivity contribution in [3.8, 4) is 5.75 Å². The first-order valence-electron chi connectivity index (χ1n) is 9.86. The van der Waals surface area contributed by atoms with E-state index in [0.717, 1.165) is 28.3 Å². The molecule has 1 N–H and O–H groups in total. The molecule has 152 valence electrons. The van der Waals surface area contributed by atoms with Gasteiger partial charge >= 0.3 is 0 Å². The second-order valence-electron chi connectivity index (χ2n) is 7.15. The fourth-order valence-electron chi connectivity index (χ4n) is 3.59. The van der Waals surface area contributed by atoms with E-state index in [1.165, 1.54) is 0 Å². The number of nitrogens with one attached hydrogen (secondary N) is 1. The molecule has 1 aliphatic heterocycles. The molecule has 1 amide bonds. The van der Waals surface area contributed by atoms with Crippen LogP contribution in [0.4, 0.5) is 5.69 Å². The normalized spacial score (nSPS) is 15.6. The third-order valence-corrected chi connectivity index (χ3v) is 5.32. The van der Waals surface area contributed by atoms with Gasteiger partial charge in [-0.1, -0.05) is 30.3 Å². The van der Waals surface area contributed by atoms with Crippen LogP contribution in [-0.4, -0.2) is 49.9 Å². The van der Waals surface area contributed by atoms with Crippen LogP contribution in [0.2, 0.25) is 0 Å². The number of benzene rings is 2. The monoisotopic (exact) mass is 400 g/mol. The maximum absolute atomic E-state index is 12.5. The molecule has 6 heteroatoms. The minimum Gasteiger partial charge on any atom is -0.497 e. The van der Waals surface area contributed by atoms with Gasteiger partial charge in [0.15, 0.2) is 0 Å². The van der Waals surface area contributed by atoms with Gasteiger partial charge in [0.2, 0.25) is 0 Å². The van der Waals surface area contributed by atoms with Crippen molar-refractivity contribution in [2.45, 2.75) is 6.04 Å². The smallest absolute Gasteiger partial charge is 0.252 e. The van der Waals surface area contributed by atoms with Gasteiger partial charge in [0.25, 0.3) is 5.91 Å². The number of carbonyl (C=O) groups is 1. The first-order valence-corrected chi connectivity index (χ1v) is 9.86. The molecule has 3 aromatic rings. The summed E-state index contributed by atoms with van der Waals surface area (Å²) in [4.78, 5) is 23.6. The Morgan fingerprint density at radius 3 is 2.73 bits per heavy atom. The zero-order valence-electron chi connectivity index (χ0n) is 17.1. The van der Waals surface area contributed by atoms with E-state index in [-0.39, 0.29) is 11.9 Å². The topological polar surface area (TPSA) is 66.8 Å². The van der Waals surface area contributed by atoms with Crippen molar-refractivity contribution >= 4 is 17.3 Å². The molecule has 0 radical (unpaired) electrons. The van der Waals surface area contributed by atoms with E-state index in [4.69, 9.17) is 9.73 Å². The Kier molecular flexibility index (Phi) is 5.75. The molecule has 30 heavy (non-hydrogen) atoms. The van der Waals surface area contributed by atoms with Crippen LogP contribution in [0.5, 0.6) is 5.75 Å². The fourth-order valence-corrected chi connectivity index (χ4v) is 3.59. The van der Waals surface area contributed by atoms with Gasteiger partial charge in [0.05, 0.1) is 31.0 Å². The predicted octanol–water partition coefficient (Wildman–Crippen LogP) is 3.18. The second kappa shape index (κ2) is 8.78. The van der Waals surface area contributed by atoms with Gasteiger partial charge in [-0.15, -0.1) is 0 Å². The summed E-state index contributed by atoms with van der Waals surface area (Å²) in [6.07, 6.45) is 3.22. The molecule has 6 nitrogen and oxygen atoms in total. The van der Waals surface area contributed by atoms with E-state index in [1.54, 1.807) is 31.6 Å². The van der Waals surface area contributed by atoms with Crippen molar-refractivity contribution in [3.63, 3.8) is 0 Å². The average Bonchev–Trinajstić information content (AvgIpc) is 2.94. The number of aliphatic imine (C=N–C) groups is 1. The maximum atomic E-state index is 12.5. The van der Waals surface area contributed by atoms with Crippen LogP contribution in [0.3, 0.4) is 0 Å². The molecule has 2 aromatic carbocycles. The number of anilines is 1. The van der Waals surface area contributed by atoms with E-state index in [2.05, 4.69) is 27.3 Å². The Labute approximate surface area is 176 Å². The van der Waals surface area contributed by atoms with Gasteiger partial charge in [-0.3, -0.25) is 14.8 Å². The first-order chi connectivity index (χ1) is 14.7. The van der Waals surface area contributed by atoms with Crippen LogP contribution in [0.1, 0.15) is 21.5 Å². The molecule has 0 aliphatic carbocycles. The summed E-state index contributed by atoms with van der Waals surface area (Å²) >= 11 is 0. The zero-order valence-corrected chi connectivity index (χ0v) is 17.1. The van der Waals surface area contributed by atoms with Crippen molar-refractivity contribution in [2.24, 2.45) is 4.99 Å². The lowest BCUT2D eigenvalue weighted by Crippen LogP contribution is -2.43. The van der Waals surface area contributed by atoms with Crippen molar-refractivity contribution in [1.29, 1.82) is 0 Å². The molecule has 0 fully saturated rings. The van der Waals surface area contributed by atoms with E-state index in [1.807, 2.05) is 43.4 Å². The number of fused-ring (bicyclic) bond motifs is 1. The molecule has 1 atom stereocenters. The van der Waals surface area contributed by atoms with Crippen LogP contribution >= 0.6 is 0 Å². The summed E-state index contributed by atoms with van der Waals surface area (Å²) in [5, 5.41) is 3.02. The highest BCUT2D eigenvalue weighted by Gasteiger charge is 2.25. The lowest BCUT2D eigenvalue weighted by molar-refractivity contribution is 0.0951. The largest absolute Gasteiger partial charge is 0.497 e. The number of ether oxygens (including phenoxy) is 1. The van der Waals surface area contributed by atoms with Gasteiger partial charge < -0.3 is 15.0 Å². The highest BCUT2D eigenvalue weighted by molar-refractivity contribution is 6.16. The number of pyridine rings is 1. The van der Waals surface area contributed by atoms with Gasteiger partial charge in [-0.05, 0) is 24.3 Å².